The summed E-state index contributed by atoms with van der Waals surface area (Å²) in [6, 6.07) is 0. The molecule has 6 heteroatoms. The Hall–Kier alpha value is -4.45. The van der Waals surface area contributed by atoms with Crippen molar-refractivity contribution in [1.82, 2.24) is 0 Å². The van der Waals surface area contributed by atoms with Gasteiger partial charge < -0.3 is 14.2 Å². The molecule has 82 heavy (non-hydrogen) atoms. The van der Waals surface area contributed by atoms with Gasteiger partial charge in [0, 0.05) is 19.3 Å². The molecule has 0 aromatic rings. The van der Waals surface area contributed by atoms with Crippen molar-refractivity contribution in [1.29, 1.82) is 0 Å². The summed E-state index contributed by atoms with van der Waals surface area (Å²) in [6.07, 6.45) is 97.5. The van der Waals surface area contributed by atoms with Crippen molar-refractivity contribution in [3.8, 4) is 0 Å². The maximum Gasteiger partial charge on any atom is 0.306 e. The van der Waals surface area contributed by atoms with E-state index < -0.39 is 6.10 Å². The minimum atomic E-state index is -0.795. The maximum atomic E-state index is 12.9. The van der Waals surface area contributed by atoms with Crippen LogP contribution in [0.3, 0.4) is 0 Å². The molecule has 6 nitrogen and oxygen atoms in total. The number of allylic oxidation sites excluding steroid dienone is 22. The summed E-state index contributed by atoms with van der Waals surface area (Å²) >= 11 is 0. The monoisotopic (exact) mass is 1130 g/mol. The Kier molecular flexibility index (Phi) is 65.3. The van der Waals surface area contributed by atoms with Crippen LogP contribution in [0.15, 0.2) is 134 Å². The SMILES string of the molecule is CC/C=C\C/C=C\C/C=C\C/C=C\C/C=C\C/C=C\C/C=C\CCCCCCCCCCCCCC(=O)OCC(COC(=O)CCCCCCCCCCCCCCCC)OC(=O)CCCCCC/C=C\C/C=C\C/C=C\C/C=C\CC. The van der Waals surface area contributed by atoms with E-state index in [1.807, 2.05) is 0 Å². The third kappa shape index (κ3) is 66.4. The van der Waals surface area contributed by atoms with Gasteiger partial charge in [-0.3, -0.25) is 14.4 Å². The fraction of sp³-hybridized carbons (Fsp3) is 0.671. The van der Waals surface area contributed by atoms with E-state index in [4.69, 9.17) is 14.2 Å². The Labute approximate surface area is 506 Å². The van der Waals surface area contributed by atoms with Crippen LogP contribution in [-0.4, -0.2) is 37.2 Å². The minimum absolute atomic E-state index is 0.0883. The van der Waals surface area contributed by atoms with Crippen LogP contribution >= 0.6 is 0 Å². The van der Waals surface area contributed by atoms with E-state index in [1.54, 1.807) is 0 Å². The van der Waals surface area contributed by atoms with Gasteiger partial charge in [-0.1, -0.05) is 309 Å². The number of hydrogen-bond donors (Lipinski definition) is 0. The van der Waals surface area contributed by atoms with Crippen LogP contribution in [-0.2, 0) is 28.6 Å². The average Bonchev–Trinajstić information content (AvgIpc) is 3.47. The van der Waals surface area contributed by atoms with Crippen molar-refractivity contribution in [2.45, 2.75) is 316 Å². The molecule has 0 fully saturated rings. The summed E-state index contributed by atoms with van der Waals surface area (Å²) in [5.74, 6) is -0.908. The fourth-order valence-corrected chi connectivity index (χ4v) is 9.36. The van der Waals surface area contributed by atoms with E-state index in [2.05, 4.69) is 154 Å². The van der Waals surface area contributed by atoms with Gasteiger partial charge in [-0.2, -0.15) is 0 Å². The fourth-order valence-electron chi connectivity index (χ4n) is 9.36. The lowest BCUT2D eigenvalue weighted by Crippen LogP contribution is -2.30. The van der Waals surface area contributed by atoms with Gasteiger partial charge in [0.25, 0.3) is 0 Å². The third-order valence-corrected chi connectivity index (χ3v) is 14.4. The highest BCUT2D eigenvalue weighted by Crippen LogP contribution is 2.16. The Bertz CT molecular complexity index is 1730. The second kappa shape index (κ2) is 69.0. The van der Waals surface area contributed by atoms with Crippen LogP contribution in [0.1, 0.15) is 310 Å². The first-order valence-electron chi connectivity index (χ1n) is 34.2. The van der Waals surface area contributed by atoms with Crippen molar-refractivity contribution >= 4 is 17.9 Å². The van der Waals surface area contributed by atoms with Crippen LogP contribution in [0, 0.1) is 0 Å². The lowest BCUT2D eigenvalue weighted by molar-refractivity contribution is -0.167. The minimum Gasteiger partial charge on any atom is -0.462 e. The highest BCUT2D eigenvalue weighted by atomic mass is 16.6. The van der Waals surface area contributed by atoms with Crippen LogP contribution in [0.2, 0.25) is 0 Å². The van der Waals surface area contributed by atoms with Crippen LogP contribution in [0.25, 0.3) is 0 Å². The third-order valence-electron chi connectivity index (χ3n) is 14.4. The predicted molar refractivity (Wildman–Crippen MR) is 357 cm³/mol. The summed E-state index contributed by atoms with van der Waals surface area (Å²) in [7, 11) is 0. The van der Waals surface area contributed by atoms with Gasteiger partial charge in [0.2, 0.25) is 0 Å². The standard InChI is InChI=1S/C76H126O6/c1-4-7-10-13-16-19-22-25-28-30-31-32-33-34-35-36-37-38-39-40-41-42-43-44-45-47-48-51-54-57-60-63-66-69-75(78)81-72-73(71-80-74(77)68-65-62-59-56-53-50-27-24-21-18-15-12-9-6-3)82-76(79)70-67-64-61-58-55-52-49-46-29-26-23-20-17-14-11-8-5-2/h7-8,10-11,16-17,19-20,25-26,28-29,31-32,34-35,37-38,40-41,49,52,73H,4-6,9,12-15,18,21-24,27,30,33,36,39,42-48,50-51,53-72H2,1-3H3/b10-7-,11-8-,19-16-,20-17-,28-25-,29-26-,32-31-,35-34-,38-37-,41-40-,52-49-. The van der Waals surface area contributed by atoms with Gasteiger partial charge in [-0.15, -0.1) is 0 Å². The Morgan fingerprint density at radius 2 is 0.476 bits per heavy atom. The molecule has 0 aliphatic carbocycles. The molecule has 0 saturated heterocycles. The Morgan fingerprint density at radius 3 is 0.744 bits per heavy atom. The summed E-state index contributed by atoms with van der Waals surface area (Å²) in [5.41, 5.74) is 0. The van der Waals surface area contributed by atoms with Gasteiger partial charge >= 0.3 is 17.9 Å². The molecule has 0 amide bonds. The van der Waals surface area contributed by atoms with Crippen molar-refractivity contribution in [3.05, 3.63) is 134 Å². The van der Waals surface area contributed by atoms with E-state index in [0.717, 1.165) is 141 Å². The molecular formula is C76H126O6. The summed E-state index contributed by atoms with van der Waals surface area (Å²) in [4.78, 5) is 38.4. The molecule has 0 aliphatic heterocycles. The molecule has 0 aromatic carbocycles. The molecule has 0 saturated carbocycles. The van der Waals surface area contributed by atoms with Crippen LogP contribution in [0.5, 0.6) is 0 Å². The Morgan fingerprint density at radius 1 is 0.256 bits per heavy atom. The molecule has 0 rings (SSSR count). The quantitative estimate of drug-likeness (QED) is 0.0261. The zero-order chi connectivity index (χ0) is 59.2. The molecule has 1 atom stereocenters. The van der Waals surface area contributed by atoms with Crippen LogP contribution in [0.4, 0.5) is 0 Å². The maximum absolute atomic E-state index is 12.9. The number of unbranched alkanes of at least 4 members (excludes halogenated alkanes) is 28. The molecule has 466 valence electrons. The van der Waals surface area contributed by atoms with Gasteiger partial charge in [0.15, 0.2) is 6.10 Å². The van der Waals surface area contributed by atoms with Gasteiger partial charge in [-0.05, 0) is 116 Å². The molecule has 0 aliphatic rings. The number of rotatable bonds is 61. The van der Waals surface area contributed by atoms with Gasteiger partial charge in [0.05, 0.1) is 0 Å². The van der Waals surface area contributed by atoms with Gasteiger partial charge in [-0.25, -0.2) is 0 Å². The van der Waals surface area contributed by atoms with Gasteiger partial charge in [0.1, 0.15) is 13.2 Å². The summed E-state index contributed by atoms with van der Waals surface area (Å²) < 4.78 is 16.9. The van der Waals surface area contributed by atoms with E-state index in [1.165, 1.54) is 128 Å². The first kappa shape index (κ1) is 77.5. The second-order valence-electron chi connectivity index (χ2n) is 22.3. The average molecular weight is 1140 g/mol. The highest BCUT2D eigenvalue weighted by molar-refractivity contribution is 5.71. The number of hydrogen-bond acceptors (Lipinski definition) is 6. The summed E-state index contributed by atoms with van der Waals surface area (Å²) in [5, 5.41) is 0. The normalized spacial score (nSPS) is 13.0. The molecule has 1 unspecified atom stereocenters. The predicted octanol–water partition coefficient (Wildman–Crippen LogP) is 23.7. The van der Waals surface area contributed by atoms with E-state index >= 15 is 0 Å². The number of ether oxygens (including phenoxy) is 3. The largest absolute Gasteiger partial charge is 0.462 e. The molecule has 0 aromatic heterocycles. The number of carbonyl (C=O) groups excluding carboxylic acids is 3. The summed E-state index contributed by atoms with van der Waals surface area (Å²) in [6.45, 7) is 6.41. The molecule has 0 N–H and O–H groups in total. The molecule has 0 heterocycles. The lowest BCUT2D eigenvalue weighted by atomic mass is 10.0. The van der Waals surface area contributed by atoms with E-state index in [-0.39, 0.29) is 31.1 Å². The first-order valence-corrected chi connectivity index (χ1v) is 34.2. The second-order valence-corrected chi connectivity index (χ2v) is 22.3. The van der Waals surface area contributed by atoms with Crippen molar-refractivity contribution in [3.63, 3.8) is 0 Å². The molecule has 0 radical (unpaired) electrons. The molecular weight excluding hydrogens is 1010 g/mol. The van der Waals surface area contributed by atoms with Crippen molar-refractivity contribution < 1.29 is 28.6 Å². The van der Waals surface area contributed by atoms with E-state index in [9.17, 15) is 14.4 Å². The smallest absolute Gasteiger partial charge is 0.306 e. The zero-order valence-corrected chi connectivity index (χ0v) is 53.5. The zero-order valence-electron chi connectivity index (χ0n) is 53.5. The molecule has 0 spiro atoms. The van der Waals surface area contributed by atoms with Crippen LogP contribution < -0.4 is 0 Å². The lowest BCUT2D eigenvalue weighted by Gasteiger charge is -2.18. The van der Waals surface area contributed by atoms with E-state index in [0.29, 0.717) is 19.3 Å². The van der Waals surface area contributed by atoms with Crippen molar-refractivity contribution in [2.24, 2.45) is 0 Å². The number of esters is 3. The highest BCUT2D eigenvalue weighted by Gasteiger charge is 2.19. The topological polar surface area (TPSA) is 78.9 Å². The van der Waals surface area contributed by atoms with Crippen molar-refractivity contribution in [2.75, 3.05) is 13.2 Å². The first-order chi connectivity index (χ1) is 40.5. The Balaban J connectivity index is 4.28. The molecule has 0 bridgehead atoms. The number of carbonyl (C=O) groups is 3.